The van der Waals surface area contributed by atoms with Gasteiger partial charge in [0, 0.05) is 0 Å². The maximum atomic E-state index is 10.8. The van der Waals surface area contributed by atoms with Crippen molar-refractivity contribution >= 4 is 5.97 Å². The van der Waals surface area contributed by atoms with Gasteiger partial charge >= 0.3 is 5.97 Å². The van der Waals surface area contributed by atoms with Crippen molar-refractivity contribution in [1.82, 2.24) is 0 Å². The van der Waals surface area contributed by atoms with E-state index in [0.29, 0.717) is 0 Å². The van der Waals surface area contributed by atoms with Gasteiger partial charge in [-0.1, -0.05) is 0 Å². The molecule has 12 heavy (non-hydrogen) atoms. The topological polar surface area (TPSA) is 104 Å². The van der Waals surface area contributed by atoms with Crippen LogP contribution in [0.1, 0.15) is 6.92 Å². The lowest BCUT2D eigenvalue weighted by Crippen LogP contribution is -2.15. The van der Waals surface area contributed by atoms with Crippen LogP contribution in [-0.4, -0.2) is 12.6 Å². The maximum Gasteiger partial charge on any atom is 0.354 e. The second-order valence-electron chi connectivity index (χ2n) is 2.01. The van der Waals surface area contributed by atoms with E-state index in [4.69, 9.17) is 17.2 Å². The van der Waals surface area contributed by atoms with Crippen LogP contribution in [0, 0.1) is 0 Å². The summed E-state index contributed by atoms with van der Waals surface area (Å²) in [6, 6.07) is 0. The second-order valence-corrected chi connectivity index (χ2v) is 2.01. The fourth-order valence-electron chi connectivity index (χ4n) is 0.468. The first kappa shape index (κ1) is 10.3. The van der Waals surface area contributed by atoms with E-state index in [1.807, 2.05) is 0 Å². The summed E-state index contributed by atoms with van der Waals surface area (Å²) in [4.78, 5) is 10.8. The van der Waals surface area contributed by atoms with Crippen LogP contribution >= 0.6 is 0 Å². The van der Waals surface area contributed by atoms with Crippen molar-refractivity contribution in [3.05, 3.63) is 23.7 Å². The number of nitrogens with two attached hydrogens (primary N) is 3. The first-order valence-electron chi connectivity index (χ1n) is 3.43. The lowest BCUT2D eigenvalue weighted by Gasteiger charge is -1.99. The minimum absolute atomic E-state index is 0.0229. The molecule has 0 aliphatic heterocycles. The highest BCUT2D eigenvalue weighted by Crippen LogP contribution is 1.90. The van der Waals surface area contributed by atoms with E-state index in [9.17, 15) is 4.79 Å². The second kappa shape index (κ2) is 5.06. The van der Waals surface area contributed by atoms with E-state index < -0.39 is 5.97 Å². The molecule has 0 aromatic heterocycles. The van der Waals surface area contributed by atoms with E-state index in [1.54, 1.807) is 6.92 Å². The van der Waals surface area contributed by atoms with Crippen LogP contribution in [-0.2, 0) is 9.53 Å². The Kier molecular flexibility index (Phi) is 4.36. The molecule has 5 nitrogen and oxygen atoms in total. The van der Waals surface area contributed by atoms with Gasteiger partial charge in [0.25, 0.3) is 0 Å². The zero-order valence-corrected chi connectivity index (χ0v) is 6.91. The van der Waals surface area contributed by atoms with Crippen LogP contribution < -0.4 is 17.2 Å². The molecule has 0 aromatic carbocycles. The molecule has 0 spiro atoms. The quantitative estimate of drug-likeness (QED) is 0.291. The van der Waals surface area contributed by atoms with Crippen molar-refractivity contribution in [2.24, 2.45) is 17.2 Å². The highest BCUT2D eigenvalue weighted by Gasteiger charge is 2.02. The number of carbonyl (C=O) groups is 1. The third kappa shape index (κ3) is 4.21. The minimum atomic E-state index is -0.574. The summed E-state index contributed by atoms with van der Waals surface area (Å²) in [5.74, 6) is -0.489. The Morgan fingerprint density at radius 3 is 2.33 bits per heavy atom. The molecular weight excluding hydrogens is 158 g/mol. The smallest absolute Gasteiger partial charge is 0.354 e. The Morgan fingerprint density at radius 2 is 1.92 bits per heavy atom. The van der Waals surface area contributed by atoms with E-state index in [1.165, 1.54) is 12.2 Å². The van der Waals surface area contributed by atoms with Crippen LogP contribution in [0.25, 0.3) is 0 Å². The number of hydrogen-bond acceptors (Lipinski definition) is 5. The number of hydrogen-bond donors (Lipinski definition) is 3. The molecule has 0 heterocycles. The zero-order chi connectivity index (χ0) is 9.56. The van der Waals surface area contributed by atoms with Gasteiger partial charge in [0.2, 0.25) is 0 Å². The van der Waals surface area contributed by atoms with Crippen LogP contribution in [0.5, 0.6) is 0 Å². The standard InChI is InChI=1S/C7H13N3O2/c1-2-12-7(11)5(8)3-4-6(9)10/h3-4H,2,8-10H2,1H3/b5-3+. The third-order valence-electron chi connectivity index (χ3n) is 0.966. The molecule has 68 valence electrons. The fraction of sp³-hybridized carbons (Fsp3) is 0.286. The molecule has 0 atom stereocenters. The monoisotopic (exact) mass is 171 g/mol. The number of esters is 1. The normalized spacial score (nSPS) is 10.6. The van der Waals surface area contributed by atoms with E-state index in [-0.39, 0.29) is 18.1 Å². The molecule has 0 radical (unpaired) electrons. The number of carbonyl (C=O) groups excluding carboxylic acids is 1. The van der Waals surface area contributed by atoms with Gasteiger partial charge < -0.3 is 21.9 Å². The largest absolute Gasteiger partial charge is 0.461 e. The van der Waals surface area contributed by atoms with Crippen LogP contribution in [0.2, 0.25) is 0 Å². The van der Waals surface area contributed by atoms with Crippen molar-refractivity contribution in [3.63, 3.8) is 0 Å². The molecule has 0 rings (SSSR count). The fourth-order valence-corrected chi connectivity index (χ4v) is 0.468. The van der Waals surface area contributed by atoms with E-state index in [0.717, 1.165) is 0 Å². The molecule has 0 saturated heterocycles. The van der Waals surface area contributed by atoms with Crippen molar-refractivity contribution in [1.29, 1.82) is 0 Å². The van der Waals surface area contributed by atoms with Gasteiger partial charge in [0.15, 0.2) is 0 Å². The summed E-state index contributed by atoms with van der Waals surface area (Å²) in [6.07, 6.45) is 2.62. The van der Waals surface area contributed by atoms with E-state index in [2.05, 4.69) is 4.74 Å². The number of allylic oxidation sites excluding steroid dienone is 2. The summed E-state index contributed by atoms with van der Waals surface area (Å²) in [6.45, 7) is 1.98. The highest BCUT2D eigenvalue weighted by molar-refractivity contribution is 5.87. The molecule has 0 amide bonds. The average molecular weight is 171 g/mol. The molecule has 5 heteroatoms. The first-order valence-corrected chi connectivity index (χ1v) is 3.43. The van der Waals surface area contributed by atoms with Crippen LogP contribution in [0.3, 0.4) is 0 Å². The van der Waals surface area contributed by atoms with Gasteiger partial charge in [-0.3, -0.25) is 0 Å². The lowest BCUT2D eigenvalue weighted by atomic mass is 10.4. The predicted molar refractivity (Wildman–Crippen MR) is 45.4 cm³/mol. The van der Waals surface area contributed by atoms with Gasteiger partial charge in [-0.15, -0.1) is 0 Å². The summed E-state index contributed by atoms with van der Waals surface area (Å²) >= 11 is 0. The Hall–Kier alpha value is -1.65. The third-order valence-corrected chi connectivity index (χ3v) is 0.966. The van der Waals surface area contributed by atoms with Crippen LogP contribution in [0.15, 0.2) is 23.7 Å². The predicted octanol–water partition coefficient (Wildman–Crippen LogP) is -0.849. The van der Waals surface area contributed by atoms with Gasteiger partial charge in [0.1, 0.15) is 5.70 Å². The van der Waals surface area contributed by atoms with Gasteiger partial charge in [0.05, 0.1) is 12.4 Å². The lowest BCUT2D eigenvalue weighted by molar-refractivity contribution is -0.138. The molecule has 0 saturated carbocycles. The first-order chi connectivity index (χ1) is 5.57. The van der Waals surface area contributed by atoms with Crippen molar-refractivity contribution in [3.8, 4) is 0 Å². The Morgan fingerprint density at radius 1 is 1.33 bits per heavy atom. The molecule has 0 fully saturated rings. The van der Waals surface area contributed by atoms with Gasteiger partial charge in [-0.2, -0.15) is 0 Å². The molecule has 0 aromatic rings. The number of ether oxygens (including phenoxy) is 1. The molecule has 0 aliphatic rings. The minimum Gasteiger partial charge on any atom is -0.461 e. The van der Waals surface area contributed by atoms with Crippen molar-refractivity contribution in [2.75, 3.05) is 6.61 Å². The maximum absolute atomic E-state index is 10.8. The zero-order valence-electron chi connectivity index (χ0n) is 6.91. The SMILES string of the molecule is CCOC(=O)/C(N)=C\C=C(N)N. The summed E-state index contributed by atoms with van der Waals surface area (Å²) in [5, 5.41) is 0. The molecular formula is C7H13N3O2. The Labute approximate surface area is 70.8 Å². The molecule has 6 N–H and O–H groups in total. The van der Waals surface area contributed by atoms with E-state index >= 15 is 0 Å². The summed E-state index contributed by atoms with van der Waals surface area (Å²) in [5.41, 5.74) is 15.5. The Balaban J connectivity index is 4.18. The summed E-state index contributed by atoms with van der Waals surface area (Å²) < 4.78 is 4.59. The highest BCUT2D eigenvalue weighted by atomic mass is 16.5. The molecule has 0 bridgehead atoms. The summed E-state index contributed by atoms with van der Waals surface area (Å²) in [7, 11) is 0. The van der Waals surface area contributed by atoms with Crippen molar-refractivity contribution in [2.45, 2.75) is 6.92 Å². The molecule has 0 aliphatic carbocycles. The van der Waals surface area contributed by atoms with Crippen LogP contribution in [0.4, 0.5) is 0 Å². The Bertz CT molecular complexity index is 217. The van der Waals surface area contributed by atoms with Gasteiger partial charge in [-0.25, -0.2) is 4.79 Å². The molecule has 0 unspecified atom stereocenters. The number of rotatable bonds is 3. The average Bonchev–Trinajstić information content (AvgIpc) is 2.00. The van der Waals surface area contributed by atoms with Gasteiger partial charge in [-0.05, 0) is 19.1 Å². The van der Waals surface area contributed by atoms with Crippen molar-refractivity contribution < 1.29 is 9.53 Å².